The van der Waals surface area contributed by atoms with Gasteiger partial charge in [-0.25, -0.2) is 4.79 Å². The summed E-state index contributed by atoms with van der Waals surface area (Å²) in [5.74, 6) is -0.472. The third-order valence-corrected chi connectivity index (χ3v) is 3.46. The van der Waals surface area contributed by atoms with E-state index in [2.05, 4.69) is 10.6 Å². The highest BCUT2D eigenvalue weighted by atomic mass is 16.6. The van der Waals surface area contributed by atoms with Crippen molar-refractivity contribution in [3.63, 3.8) is 0 Å². The van der Waals surface area contributed by atoms with Gasteiger partial charge in [-0.1, -0.05) is 0 Å². The first kappa shape index (κ1) is 16.5. The second-order valence-electron chi connectivity index (χ2n) is 6.58. The highest BCUT2D eigenvalue weighted by molar-refractivity contribution is 5.96. The van der Waals surface area contributed by atoms with Gasteiger partial charge >= 0.3 is 5.97 Å². The topological polar surface area (TPSA) is 67.4 Å². The van der Waals surface area contributed by atoms with E-state index in [0.29, 0.717) is 11.1 Å². The Hall–Kier alpha value is -1.88. The number of piperidine rings is 1. The molecule has 1 amide bonds. The maximum Gasteiger partial charge on any atom is 0.338 e. The fourth-order valence-electron chi connectivity index (χ4n) is 2.33. The van der Waals surface area contributed by atoms with Gasteiger partial charge in [0.25, 0.3) is 5.91 Å². The first-order valence-corrected chi connectivity index (χ1v) is 7.70. The quantitative estimate of drug-likeness (QED) is 0.840. The summed E-state index contributed by atoms with van der Waals surface area (Å²) in [6.45, 7) is 7.34. The first-order chi connectivity index (χ1) is 10.3. The molecule has 2 N–H and O–H groups in total. The van der Waals surface area contributed by atoms with Crippen LogP contribution in [0.3, 0.4) is 0 Å². The predicted octanol–water partition coefficient (Wildman–Crippen LogP) is 2.12. The summed E-state index contributed by atoms with van der Waals surface area (Å²) < 4.78 is 5.30. The fourth-order valence-corrected chi connectivity index (χ4v) is 2.33. The molecule has 0 aromatic heterocycles. The van der Waals surface area contributed by atoms with E-state index in [4.69, 9.17) is 4.74 Å². The number of hydrogen-bond acceptors (Lipinski definition) is 4. The van der Waals surface area contributed by atoms with Crippen LogP contribution >= 0.6 is 0 Å². The maximum atomic E-state index is 12.2. The van der Waals surface area contributed by atoms with Crippen LogP contribution in [0, 0.1) is 0 Å². The van der Waals surface area contributed by atoms with Crippen molar-refractivity contribution in [1.82, 2.24) is 10.6 Å². The highest BCUT2D eigenvalue weighted by Gasteiger charge is 2.19. The lowest BCUT2D eigenvalue weighted by atomic mass is 10.1. The summed E-state index contributed by atoms with van der Waals surface area (Å²) in [6, 6.07) is 6.81. The van der Waals surface area contributed by atoms with Gasteiger partial charge in [-0.05, 0) is 71.0 Å². The number of carbonyl (C=O) groups is 2. The summed E-state index contributed by atoms with van der Waals surface area (Å²) >= 11 is 0. The van der Waals surface area contributed by atoms with Gasteiger partial charge in [-0.3, -0.25) is 4.79 Å². The molecule has 0 spiro atoms. The highest BCUT2D eigenvalue weighted by Crippen LogP contribution is 2.13. The average molecular weight is 304 g/mol. The van der Waals surface area contributed by atoms with E-state index in [1.807, 2.05) is 20.8 Å². The molecule has 5 nitrogen and oxygen atoms in total. The molecule has 0 unspecified atom stereocenters. The second kappa shape index (κ2) is 6.92. The molecule has 0 aliphatic carbocycles. The summed E-state index contributed by atoms with van der Waals surface area (Å²) in [5, 5.41) is 6.29. The molecule has 1 aromatic rings. The van der Waals surface area contributed by atoms with Crippen molar-refractivity contribution in [2.75, 3.05) is 13.1 Å². The molecular formula is C17H24N2O3. The van der Waals surface area contributed by atoms with Gasteiger partial charge in [-0.15, -0.1) is 0 Å². The van der Waals surface area contributed by atoms with Crippen LogP contribution in [-0.4, -0.2) is 36.6 Å². The number of nitrogens with one attached hydrogen (secondary N) is 2. The maximum absolute atomic E-state index is 12.2. The fraction of sp³-hybridized carbons (Fsp3) is 0.529. The van der Waals surface area contributed by atoms with E-state index in [0.717, 1.165) is 25.9 Å². The van der Waals surface area contributed by atoms with Crippen molar-refractivity contribution in [2.24, 2.45) is 0 Å². The van der Waals surface area contributed by atoms with Gasteiger partial charge in [0.2, 0.25) is 0 Å². The number of hydrogen-bond donors (Lipinski definition) is 2. The van der Waals surface area contributed by atoms with E-state index in [1.54, 1.807) is 24.3 Å². The molecule has 2 rings (SSSR count). The largest absolute Gasteiger partial charge is 0.456 e. The van der Waals surface area contributed by atoms with Crippen LogP contribution in [0.4, 0.5) is 0 Å². The zero-order valence-electron chi connectivity index (χ0n) is 13.4. The van der Waals surface area contributed by atoms with E-state index >= 15 is 0 Å². The van der Waals surface area contributed by atoms with Crippen LogP contribution in [-0.2, 0) is 4.74 Å². The van der Waals surface area contributed by atoms with Crippen LogP contribution < -0.4 is 10.6 Å². The van der Waals surface area contributed by atoms with E-state index in [9.17, 15) is 9.59 Å². The number of esters is 1. The van der Waals surface area contributed by atoms with Gasteiger partial charge in [0.05, 0.1) is 5.56 Å². The van der Waals surface area contributed by atoms with Crippen molar-refractivity contribution >= 4 is 11.9 Å². The van der Waals surface area contributed by atoms with Crippen LogP contribution in [0.15, 0.2) is 24.3 Å². The Labute approximate surface area is 131 Å². The molecule has 0 bridgehead atoms. The molecule has 1 aromatic carbocycles. The van der Waals surface area contributed by atoms with E-state index < -0.39 is 5.60 Å². The Morgan fingerprint density at radius 2 is 1.64 bits per heavy atom. The molecule has 0 radical (unpaired) electrons. The molecule has 1 aliphatic rings. The zero-order chi connectivity index (χ0) is 16.2. The monoisotopic (exact) mass is 304 g/mol. The number of ether oxygens (including phenoxy) is 1. The van der Waals surface area contributed by atoms with Gasteiger partial charge in [0.1, 0.15) is 5.60 Å². The molecule has 0 atom stereocenters. The van der Waals surface area contributed by atoms with Crippen LogP contribution in [0.1, 0.15) is 54.3 Å². The van der Waals surface area contributed by atoms with Crippen molar-refractivity contribution < 1.29 is 14.3 Å². The van der Waals surface area contributed by atoms with Crippen LogP contribution in [0.2, 0.25) is 0 Å². The van der Waals surface area contributed by atoms with Gasteiger partial charge in [-0.2, -0.15) is 0 Å². The summed E-state index contributed by atoms with van der Waals surface area (Å²) in [6.07, 6.45) is 1.89. The molecule has 120 valence electrons. The lowest BCUT2D eigenvalue weighted by Gasteiger charge is -2.23. The number of carbonyl (C=O) groups excluding carboxylic acids is 2. The van der Waals surface area contributed by atoms with Gasteiger partial charge in [0.15, 0.2) is 0 Å². The number of rotatable bonds is 3. The van der Waals surface area contributed by atoms with Crippen LogP contribution in [0.5, 0.6) is 0 Å². The normalized spacial score (nSPS) is 16.1. The van der Waals surface area contributed by atoms with Crippen molar-refractivity contribution in [2.45, 2.75) is 45.3 Å². The lowest BCUT2D eigenvalue weighted by molar-refractivity contribution is 0.00693. The Kier molecular flexibility index (Phi) is 5.19. The Balaban J connectivity index is 1.96. The minimum atomic E-state index is -0.526. The third kappa shape index (κ3) is 4.84. The summed E-state index contributed by atoms with van der Waals surface area (Å²) in [7, 11) is 0. The lowest BCUT2D eigenvalue weighted by Crippen LogP contribution is -2.42. The molecule has 0 saturated carbocycles. The van der Waals surface area contributed by atoms with E-state index in [-0.39, 0.29) is 17.9 Å². The van der Waals surface area contributed by atoms with Gasteiger partial charge < -0.3 is 15.4 Å². The smallest absolute Gasteiger partial charge is 0.338 e. The Bertz CT molecular complexity index is 526. The number of amides is 1. The number of benzene rings is 1. The van der Waals surface area contributed by atoms with Crippen molar-refractivity contribution in [1.29, 1.82) is 0 Å². The van der Waals surface area contributed by atoms with Gasteiger partial charge in [0, 0.05) is 11.6 Å². The molecule has 1 fully saturated rings. The van der Waals surface area contributed by atoms with Crippen LogP contribution in [0.25, 0.3) is 0 Å². The summed E-state index contributed by atoms with van der Waals surface area (Å²) in [5.41, 5.74) is 0.487. The molecule has 1 heterocycles. The average Bonchev–Trinajstić information content (AvgIpc) is 2.46. The minimum absolute atomic E-state index is 0.0948. The SMILES string of the molecule is CC(C)(C)OC(=O)c1ccc(C(=O)NC2CCNCC2)cc1. The first-order valence-electron chi connectivity index (χ1n) is 7.70. The molecule has 1 aliphatic heterocycles. The Morgan fingerprint density at radius 3 is 2.18 bits per heavy atom. The molecule has 22 heavy (non-hydrogen) atoms. The standard InChI is InChI=1S/C17H24N2O3/c1-17(2,3)22-16(21)13-6-4-12(5-7-13)15(20)19-14-8-10-18-11-9-14/h4-7,14,18H,8-11H2,1-3H3,(H,19,20). The molecule has 1 saturated heterocycles. The zero-order valence-corrected chi connectivity index (χ0v) is 13.4. The van der Waals surface area contributed by atoms with E-state index in [1.165, 1.54) is 0 Å². The molecular weight excluding hydrogens is 280 g/mol. The summed E-state index contributed by atoms with van der Waals surface area (Å²) in [4.78, 5) is 24.1. The third-order valence-electron chi connectivity index (χ3n) is 3.46. The Morgan fingerprint density at radius 1 is 1.09 bits per heavy atom. The predicted molar refractivity (Wildman–Crippen MR) is 85.0 cm³/mol. The minimum Gasteiger partial charge on any atom is -0.456 e. The van der Waals surface area contributed by atoms with Crippen molar-refractivity contribution in [3.8, 4) is 0 Å². The molecule has 5 heteroatoms. The second-order valence-corrected chi connectivity index (χ2v) is 6.58. The van der Waals surface area contributed by atoms with Crippen molar-refractivity contribution in [3.05, 3.63) is 35.4 Å².